The summed E-state index contributed by atoms with van der Waals surface area (Å²) in [7, 11) is 0. The van der Waals surface area contributed by atoms with E-state index in [2.05, 4.69) is 90.0 Å². The molecule has 0 aliphatic heterocycles. The summed E-state index contributed by atoms with van der Waals surface area (Å²) < 4.78 is 0. The Morgan fingerprint density at radius 1 is 0.548 bits per heavy atom. The van der Waals surface area contributed by atoms with Crippen molar-refractivity contribution in [1.29, 1.82) is 0 Å². The maximum atomic E-state index is 4.37. The van der Waals surface area contributed by atoms with E-state index in [0.29, 0.717) is 0 Å². The first-order valence-corrected chi connectivity index (χ1v) is 11.1. The largest absolute Gasteiger partial charge is 0.143 e. The minimum atomic E-state index is -0.0431. The van der Waals surface area contributed by atoms with Crippen LogP contribution in [-0.4, -0.2) is 0 Å². The van der Waals surface area contributed by atoms with Crippen molar-refractivity contribution >= 4 is 12.6 Å². The summed E-state index contributed by atoms with van der Waals surface area (Å²) in [6.07, 6.45) is 0. The van der Waals surface area contributed by atoms with Crippen LogP contribution in [0.3, 0.4) is 0 Å². The van der Waals surface area contributed by atoms with Gasteiger partial charge in [0, 0.05) is 27.1 Å². The summed E-state index contributed by atoms with van der Waals surface area (Å²) in [5, 5.41) is 0. The van der Waals surface area contributed by atoms with E-state index < -0.39 is 0 Å². The second-order valence-electron chi connectivity index (χ2n) is 9.86. The van der Waals surface area contributed by atoms with Gasteiger partial charge in [-0.1, -0.05) is 83.4 Å². The van der Waals surface area contributed by atoms with Crippen molar-refractivity contribution in [2.75, 3.05) is 0 Å². The lowest BCUT2D eigenvalue weighted by Gasteiger charge is -2.27. The van der Waals surface area contributed by atoms with E-state index in [1.165, 1.54) is 11.1 Å². The molecule has 0 spiro atoms. The molecule has 0 nitrogen and oxygen atoms in total. The SMILES string of the molecule is CC(C)(C)c1cc(C#Cc2ccc(S)cc2)c(C(C)(C)C)cc1C#Cc1ccccc1. The van der Waals surface area contributed by atoms with Crippen LogP contribution in [0.2, 0.25) is 0 Å². The highest BCUT2D eigenvalue weighted by Gasteiger charge is 2.24. The van der Waals surface area contributed by atoms with Crippen LogP contribution in [0.25, 0.3) is 0 Å². The molecule has 0 bridgehead atoms. The van der Waals surface area contributed by atoms with Gasteiger partial charge in [0.15, 0.2) is 0 Å². The predicted molar refractivity (Wildman–Crippen MR) is 136 cm³/mol. The normalized spacial score (nSPS) is 11.2. The molecule has 0 unspecified atom stereocenters. The van der Waals surface area contributed by atoms with E-state index in [4.69, 9.17) is 0 Å². The molecule has 0 radical (unpaired) electrons. The van der Waals surface area contributed by atoms with Gasteiger partial charge in [-0.15, -0.1) is 12.6 Å². The maximum absolute atomic E-state index is 4.37. The highest BCUT2D eigenvalue weighted by atomic mass is 32.1. The molecule has 0 amide bonds. The summed E-state index contributed by atoms with van der Waals surface area (Å²) >= 11 is 4.37. The molecule has 3 rings (SSSR count). The van der Waals surface area contributed by atoms with Crippen molar-refractivity contribution in [3.8, 4) is 23.7 Å². The van der Waals surface area contributed by atoms with Crippen molar-refractivity contribution in [1.82, 2.24) is 0 Å². The number of benzene rings is 3. The molecule has 0 aromatic heterocycles. The van der Waals surface area contributed by atoms with Crippen LogP contribution < -0.4 is 0 Å². The van der Waals surface area contributed by atoms with Gasteiger partial charge in [-0.05, 0) is 70.5 Å². The second-order valence-corrected chi connectivity index (χ2v) is 10.4. The van der Waals surface area contributed by atoms with E-state index in [-0.39, 0.29) is 10.8 Å². The first kappa shape index (κ1) is 22.8. The summed E-state index contributed by atoms with van der Waals surface area (Å²) in [4.78, 5) is 0.942. The van der Waals surface area contributed by atoms with Gasteiger partial charge in [0.1, 0.15) is 0 Å². The molecule has 3 aromatic carbocycles. The Hall–Kier alpha value is -2.87. The smallest absolute Gasteiger partial charge is 0.0290 e. The van der Waals surface area contributed by atoms with Crippen molar-refractivity contribution in [2.45, 2.75) is 57.3 Å². The van der Waals surface area contributed by atoms with Crippen LogP contribution in [0.15, 0.2) is 71.6 Å². The molecule has 0 aliphatic rings. The Labute approximate surface area is 193 Å². The Bertz CT molecular complexity index is 1180. The Kier molecular flexibility index (Phi) is 6.69. The number of rotatable bonds is 0. The molecule has 0 fully saturated rings. The molecule has 0 aliphatic carbocycles. The summed E-state index contributed by atoms with van der Waals surface area (Å²) in [5.41, 5.74) is 6.51. The van der Waals surface area contributed by atoms with Gasteiger partial charge < -0.3 is 0 Å². The zero-order valence-corrected chi connectivity index (χ0v) is 20.2. The highest BCUT2D eigenvalue weighted by Crippen LogP contribution is 2.33. The van der Waals surface area contributed by atoms with E-state index in [1.807, 2.05) is 54.6 Å². The molecule has 0 atom stereocenters. The second kappa shape index (κ2) is 9.09. The fourth-order valence-electron chi connectivity index (χ4n) is 3.39. The Balaban J connectivity index is 2.18. The van der Waals surface area contributed by atoms with Crippen molar-refractivity contribution in [3.63, 3.8) is 0 Å². The van der Waals surface area contributed by atoms with Gasteiger partial charge in [0.25, 0.3) is 0 Å². The molecule has 156 valence electrons. The molecule has 3 aromatic rings. The molecule has 0 saturated heterocycles. The third-order valence-electron chi connectivity index (χ3n) is 5.10. The number of hydrogen-bond donors (Lipinski definition) is 1. The van der Waals surface area contributed by atoms with Crippen LogP contribution in [-0.2, 0) is 10.8 Å². The third-order valence-corrected chi connectivity index (χ3v) is 5.40. The lowest BCUT2D eigenvalue weighted by Crippen LogP contribution is -2.18. The minimum absolute atomic E-state index is 0.0405. The van der Waals surface area contributed by atoms with E-state index in [9.17, 15) is 0 Å². The first-order valence-electron chi connectivity index (χ1n) is 10.6. The fourth-order valence-corrected chi connectivity index (χ4v) is 3.54. The number of hydrogen-bond acceptors (Lipinski definition) is 1. The summed E-state index contributed by atoms with van der Waals surface area (Å²) in [6, 6.07) is 22.6. The maximum Gasteiger partial charge on any atom is 0.0290 e. The molecular weight excluding hydrogens is 392 g/mol. The van der Waals surface area contributed by atoms with Crippen LogP contribution in [0.5, 0.6) is 0 Å². The van der Waals surface area contributed by atoms with Crippen LogP contribution in [0.4, 0.5) is 0 Å². The summed E-state index contributed by atoms with van der Waals surface area (Å²) in [5.74, 6) is 13.6. The topological polar surface area (TPSA) is 0 Å². The van der Waals surface area contributed by atoms with Gasteiger partial charge in [-0.2, -0.15) is 0 Å². The molecular formula is C30H30S. The molecule has 1 heteroatoms. The molecule has 0 N–H and O–H groups in total. The van der Waals surface area contributed by atoms with Crippen LogP contribution in [0.1, 0.15) is 74.9 Å². The average molecular weight is 423 g/mol. The van der Waals surface area contributed by atoms with E-state index >= 15 is 0 Å². The third kappa shape index (κ3) is 6.07. The van der Waals surface area contributed by atoms with Crippen molar-refractivity contribution < 1.29 is 0 Å². The van der Waals surface area contributed by atoms with Gasteiger partial charge in [-0.3, -0.25) is 0 Å². The lowest BCUT2D eigenvalue weighted by atomic mass is 9.77. The minimum Gasteiger partial charge on any atom is -0.143 e. The number of thiol groups is 1. The Morgan fingerprint density at radius 2 is 0.968 bits per heavy atom. The van der Waals surface area contributed by atoms with Gasteiger partial charge >= 0.3 is 0 Å². The monoisotopic (exact) mass is 422 g/mol. The van der Waals surface area contributed by atoms with Gasteiger partial charge in [-0.25, -0.2) is 0 Å². The first-order chi connectivity index (χ1) is 14.5. The molecule has 0 saturated carbocycles. The van der Waals surface area contributed by atoms with Crippen molar-refractivity contribution in [3.05, 3.63) is 100 Å². The zero-order chi connectivity index (χ0) is 22.6. The highest BCUT2D eigenvalue weighted by molar-refractivity contribution is 7.80. The van der Waals surface area contributed by atoms with E-state index in [1.54, 1.807) is 0 Å². The van der Waals surface area contributed by atoms with Crippen LogP contribution >= 0.6 is 12.6 Å². The standard InChI is InChI=1S/C30H30S/c1-29(2,3)27-21-25(17-13-23-14-18-26(31)19-15-23)28(30(4,5)6)20-24(27)16-12-22-10-8-7-9-11-22/h7-11,14-15,18-21,31H,1-6H3. The van der Waals surface area contributed by atoms with Crippen LogP contribution in [0, 0.1) is 23.7 Å². The zero-order valence-electron chi connectivity index (χ0n) is 19.3. The van der Waals surface area contributed by atoms with Gasteiger partial charge in [0.2, 0.25) is 0 Å². The quantitative estimate of drug-likeness (QED) is 0.284. The molecule has 31 heavy (non-hydrogen) atoms. The van der Waals surface area contributed by atoms with E-state index in [0.717, 1.165) is 27.1 Å². The molecule has 0 heterocycles. The predicted octanol–water partition coefficient (Wildman–Crippen LogP) is 7.37. The summed E-state index contributed by atoms with van der Waals surface area (Å²) in [6.45, 7) is 13.4. The average Bonchev–Trinajstić information content (AvgIpc) is 2.71. The van der Waals surface area contributed by atoms with Crippen molar-refractivity contribution in [2.24, 2.45) is 0 Å². The lowest BCUT2D eigenvalue weighted by molar-refractivity contribution is 0.574. The fraction of sp³-hybridized carbons (Fsp3) is 0.267. The Morgan fingerprint density at radius 3 is 1.39 bits per heavy atom. The van der Waals surface area contributed by atoms with Gasteiger partial charge in [0.05, 0.1) is 0 Å².